The number of ether oxygens (including phenoxy) is 1. The van der Waals surface area contributed by atoms with Crippen LogP contribution < -0.4 is 5.32 Å². The highest BCUT2D eigenvalue weighted by atomic mass is 35.5. The third-order valence-electron chi connectivity index (χ3n) is 2.73. The number of halogens is 3. The lowest BCUT2D eigenvalue weighted by molar-refractivity contribution is 0.0253. The molecule has 2 nitrogen and oxygen atoms in total. The molecular weight excluding hydrogens is 280 g/mol. The summed E-state index contributed by atoms with van der Waals surface area (Å²) in [6.45, 7) is 2.56. The zero-order chi connectivity index (χ0) is 11.4. The molecule has 1 aromatic rings. The van der Waals surface area contributed by atoms with Gasteiger partial charge >= 0.3 is 0 Å². The summed E-state index contributed by atoms with van der Waals surface area (Å²) in [5.41, 5.74) is 0.958. The van der Waals surface area contributed by atoms with Gasteiger partial charge in [-0.05, 0) is 43.1 Å². The summed E-state index contributed by atoms with van der Waals surface area (Å²) in [4.78, 5) is 0. The third kappa shape index (κ3) is 4.65. The molecule has 0 amide bonds. The van der Waals surface area contributed by atoms with E-state index in [9.17, 15) is 0 Å². The molecule has 5 heteroatoms. The van der Waals surface area contributed by atoms with Gasteiger partial charge in [0.25, 0.3) is 0 Å². The van der Waals surface area contributed by atoms with Crippen LogP contribution >= 0.6 is 35.6 Å². The predicted octanol–water partition coefficient (Wildman–Crippen LogP) is 3.68. The molecule has 0 radical (unpaired) electrons. The lowest BCUT2D eigenvalue weighted by Crippen LogP contribution is -2.35. The largest absolute Gasteiger partial charge is 0.372 e. The van der Waals surface area contributed by atoms with E-state index in [1.165, 1.54) is 6.42 Å². The Morgan fingerprint density at radius 3 is 2.88 bits per heavy atom. The molecule has 0 bridgehead atoms. The molecule has 1 aromatic carbocycles. The summed E-state index contributed by atoms with van der Waals surface area (Å²) in [6.07, 6.45) is 2.59. The summed E-state index contributed by atoms with van der Waals surface area (Å²) < 4.78 is 5.80. The van der Waals surface area contributed by atoms with Crippen molar-refractivity contribution in [2.24, 2.45) is 0 Å². The van der Waals surface area contributed by atoms with Crippen molar-refractivity contribution >= 4 is 35.6 Å². The highest BCUT2D eigenvalue weighted by Gasteiger charge is 2.13. The van der Waals surface area contributed by atoms with Gasteiger partial charge in [-0.25, -0.2) is 0 Å². The van der Waals surface area contributed by atoms with Gasteiger partial charge in [0, 0.05) is 16.6 Å². The Balaban J connectivity index is 0.00000144. The fourth-order valence-electron chi connectivity index (χ4n) is 1.82. The van der Waals surface area contributed by atoms with Gasteiger partial charge in [-0.15, -0.1) is 12.4 Å². The molecule has 0 spiro atoms. The standard InChI is InChI=1S/C12H15Cl2NO.ClH/c13-10-3-4-12(14)9(6-10)8-16-11-2-1-5-15-7-11;/h3-4,6,11,15H,1-2,5,7-8H2;1H. The minimum Gasteiger partial charge on any atom is -0.372 e. The molecule has 96 valence electrons. The first-order valence-electron chi connectivity index (χ1n) is 5.52. The molecule has 1 fully saturated rings. The fraction of sp³-hybridized carbons (Fsp3) is 0.500. The zero-order valence-electron chi connectivity index (χ0n) is 9.42. The molecular formula is C12H16Cl3NO. The molecule has 0 aliphatic carbocycles. The average molecular weight is 297 g/mol. The van der Waals surface area contributed by atoms with Crippen LogP contribution in [0.4, 0.5) is 0 Å². The SMILES string of the molecule is Cl.Clc1ccc(Cl)c(COC2CCCNC2)c1. The van der Waals surface area contributed by atoms with E-state index in [-0.39, 0.29) is 12.4 Å². The van der Waals surface area contributed by atoms with Gasteiger partial charge in [0.1, 0.15) is 0 Å². The van der Waals surface area contributed by atoms with Crippen molar-refractivity contribution in [3.8, 4) is 0 Å². The number of nitrogens with one attached hydrogen (secondary N) is 1. The Morgan fingerprint density at radius 1 is 1.35 bits per heavy atom. The van der Waals surface area contributed by atoms with Gasteiger partial charge in [0.15, 0.2) is 0 Å². The molecule has 1 saturated heterocycles. The van der Waals surface area contributed by atoms with E-state index in [1.807, 2.05) is 12.1 Å². The van der Waals surface area contributed by atoms with E-state index in [2.05, 4.69) is 5.32 Å². The summed E-state index contributed by atoms with van der Waals surface area (Å²) in [5.74, 6) is 0. The fourth-order valence-corrected chi connectivity index (χ4v) is 2.19. The predicted molar refractivity (Wildman–Crippen MR) is 74.4 cm³/mol. The van der Waals surface area contributed by atoms with Gasteiger partial charge in [-0.3, -0.25) is 0 Å². The van der Waals surface area contributed by atoms with E-state index in [0.717, 1.165) is 25.1 Å². The number of piperidine rings is 1. The molecule has 1 aliphatic rings. The number of hydrogen-bond donors (Lipinski definition) is 1. The van der Waals surface area contributed by atoms with E-state index in [4.69, 9.17) is 27.9 Å². The molecule has 1 heterocycles. The first kappa shape index (κ1) is 15.1. The second-order valence-electron chi connectivity index (χ2n) is 4.02. The second kappa shape index (κ2) is 7.45. The molecule has 1 unspecified atom stereocenters. The Hall–Kier alpha value is 0.01000. The third-order valence-corrected chi connectivity index (χ3v) is 3.34. The van der Waals surface area contributed by atoms with Crippen molar-refractivity contribution in [3.63, 3.8) is 0 Å². The normalized spacial score (nSPS) is 19.8. The molecule has 1 atom stereocenters. The van der Waals surface area contributed by atoms with E-state index in [0.29, 0.717) is 22.8 Å². The first-order valence-corrected chi connectivity index (χ1v) is 6.27. The minimum absolute atomic E-state index is 0. The van der Waals surface area contributed by atoms with Crippen molar-refractivity contribution in [2.75, 3.05) is 13.1 Å². The van der Waals surface area contributed by atoms with Crippen LogP contribution in [0.5, 0.6) is 0 Å². The van der Waals surface area contributed by atoms with Crippen LogP contribution in [0.1, 0.15) is 18.4 Å². The van der Waals surface area contributed by atoms with Crippen molar-refractivity contribution in [1.82, 2.24) is 5.32 Å². The maximum absolute atomic E-state index is 6.06. The highest BCUT2D eigenvalue weighted by molar-refractivity contribution is 6.33. The van der Waals surface area contributed by atoms with E-state index < -0.39 is 0 Å². The maximum atomic E-state index is 6.06. The zero-order valence-corrected chi connectivity index (χ0v) is 11.7. The smallest absolute Gasteiger partial charge is 0.0736 e. The maximum Gasteiger partial charge on any atom is 0.0736 e. The van der Waals surface area contributed by atoms with Crippen molar-refractivity contribution in [1.29, 1.82) is 0 Å². The van der Waals surface area contributed by atoms with Crippen molar-refractivity contribution in [2.45, 2.75) is 25.6 Å². The lowest BCUT2D eigenvalue weighted by atomic mass is 10.1. The first-order chi connectivity index (χ1) is 7.75. The van der Waals surface area contributed by atoms with E-state index in [1.54, 1.807) is 6.07 Å². The van der Waals surface area contributed by atoms with Crippen LogP contribution in [-0.2, 0) is 11.3 Å². The highest BCUT2D eigenvalue weighted by Crippen LogP contribution is 2.22. The Labute approximate surface area is 118 Å². The Bertz CT molecular complexity index is 354. The monoisotopic (exact) mass is 295 g/mol. The van der Waals surface area contributed by atoms with Crippen LogP contribution in [-0.4, -0.2) is 19.2 Å². The molecule has 1 N–H and O–H groups in total. The van der Waals surface area contributed by atoms with Crippen molar-refractivity contribution in [3.05, 3.63) is 33.8 Å². The van der Waals surface area contributed by atoms with Crippen molar-refractivity contribution < 1.29 is 4.74 Å². The van der Waals surface area contributed by atoms with Gasteiger partial charge in [-0.1, -0.05) is 23.2 Å². The van der Waals surface area contributed by atoms with Crippen LogP contribution in [0.3, 0.4) is 0 Å². The number of rotatable bonds is 3. The van der Waals surface area contributed by atoms with Crippen LogP contribution in [0.15, 0.2) is 18.2 Å². The van der Waals surface area contributed by atoms with Gasteiger partial charge in [0.2, 0.25) is 0 Å². The minimum atomic E-state index is 0. The molecule has 17 heavy (non-hydrogen) atoms. The summed E-state index contributed by atoms with van der Waals surface area (Å²) in [7, 11) is 0. The Kier molecular flexibility index (Phi) is 6.60. The quantitative estimate of drug-likeness (QED) is 0.918. The second-order valence-corrected chi connectivity index (χ2v) is 4.86. The number of hydrogen-bond acceptors (Lipinski definition) is 2. The lowest BCUT2D eigenvalue weighted by Gasteiger charge is -2.23. The molecule has 1 aliphatic heterocycles. The van der Waals surface area contributed by atoms with Crippen LogP contribution in [0.2, 0.25) is 10.0 Å². The van der Waals surface area contributed by atoms with Gasteiger partial charge in [-0.2, -0.15) is 0 Å². The van der Waals surface area contributed by atoms with E-state index >= 15 is 0 Å². The topological polar surface area (TPSA) is 21.3 Å². The van der Waals surface area contributed by atoms with Crippen LogP contribution in [0, 0.1) is 0 Å². The summed E-state index contributed by atoms with van der Waals surface area (Å²) in [5, 5.41) is 4.73. The van der Waals surface area contributed by atoms with Gasteiger partial charge in [0.05, 0.1) is 12.7 Å². The molecule has 0 aromatic heterocycles. The average Bonchev–Trinajstić information content (AvgIpc) is 2.32. The number of benzene rings is 1. The molecule has 0 saturated carbocycles. The van der Waals surface area contributed by atoms with Crippen LogP contribution in [0.25, 0.3) is 0 Å². The van der Waals surface area contributed by atoms with Gasteiger partial charge < -0.3 is 10.1 Å². The molecule has 2 rings (SSSR count). The summed E-state index contributed by atoms with van der Waals surface area (Å²) in [6, 6.07) is 5.46. The Morgan fingerprint density at radius 2 is 2.18 bits per heavy atom. The summed E-state index contributed by atoms with van der Waals surface area (Å²) >= 11 is 12.0.